The van der Waals surface area contributed by atoms with Crippen LogP contribution in [0.2, 0.25) is 0 Å². The lowest BCUT2D eigenvalue weighted by Crippen LogP contribution is -2.10. The van der Waals surface area contributed by atoms with E-state index in [0.717, 1.165) is 83.0 Å². The van der Waals surface area contributed by atoms with Crippen LogP contribution in [-0.2, 0) is 0 Å². The fourth-order valence-corrected chi connectivity index (χ4v) is 8.28. The predicted molar refractivity (Wildman–Crippen MR) is 229 cm³/mol. The second-order valence-corrected chi connectivity index (χ2v) is 14.1. The predicted octanol–water partition coefficient (Wildman–Crippen LogP) is 15.1. The highest BCUT2D eigenvalue weighted by Crippen LogP contribution is 2.43. The number of rotatable bonds is 6. The first-order chi connectivity index (χ1) is 27.3. The van der Waals surface area contributed by atoms with Crippen LogP contribution in [0.1, 0.15) is 0 Å². The van der Waals surface area contributed by atoms with Gasteiger partial charge in [-0.2, -0.15) is 0 Å². The lowest BCUT2D eigenvalue weighted by Gasteiger charge is -2.26. The second-order valence-electron chi connectivity index (χ2n) is 14.1. The molecular formula is C52H33NO2. The summed E-state index contributed by atoms with van der Waals surface area (Å²) in [6.07, 6.45) is 0. The Bertz CT molecular complexity index is 3190. The molecule has 0 aliphatic carbocycles. The van der Waals surface area contributed by atoms with Crippen molar-refractivity contribution in [3.63, 3.8) is 0 Å². The molecule has 55 heavy (non-hydrogen) atoms. The van der Waals surface area contributed by atoms with E-state index >= 15 is 0 Å². The van der Waals surface area contributed by atoms with Gasteiger partial charge in [0.2, 0.25) is 0 Å². The van der Waals surface area contributed by atoms with E-state index in [-0.39, 0.29) is 0 Å². The van der Waals surface area contributed by atoms with Crippen molar-refractivity contribution in [1.29, 1.82) is 0 Å². The van der Waals surface area contributed by atoms with Crippen molar-refractivity contribution in [3.8, 4) is 33.4 Å². The Labute approximate surface area is 317 Å². The van der Waals surface area contributed by atoms with E-state index in [9.17, 15) is 0 Å². The molecule has 11 rings (SSSR count). The fourth-order valence-electron chi connectivity index (χ4n) is 8.28. The van der Waals surface area contributed by atoms with Gasteiger partial charge in [0.25, 0.3) is 0 Å². The van der Waals surface area contributed by atoms with Gasteiger partial charge < -0.3 is 13.7 Å². The van der Waals surface area contributed by atoms with Gasteiger partial charge in [-0.15, -0.1) is 0 Å². The number of nitrogens with zero attached hydrogens (tertiary/aromatic N) is 1. The average Bonchev–Trinajstić information content (AvgIpc) is 3.83. The minimum absolute atomic E-state index is 0.891. The van der Waals surface area contributed by atoms with Gasteiger partial charge in [-0.25, -0.2) is 0 Å². The molecule has 0 aliphatic heterocycles. The molecule has 0 amide bonds. The van der Waals surface area contributed by atoms with E-state index in [1.54, 1.807) is 0 Å². The SMILES string of the molecule is c1ccc(-c2ccc(N(c3ccc(-c4cc5c6ccccc6oc5c5ccccc45)cc3)c3cccc(-c4cccc5oc6ccccc6c45)c3)cc2)cc1. The monoisotopic (exact) mass is 703 g/mol. The second kappa shape index (κ2) is 12.6. The average molecular weight is 704 g/mol. The summed E-state index contributed by atoms with van der Waals surface area (Å²) in [7, 11) is 0. The first-order valence-electron chi connectivity index (χ1n) is 18.7. The summed E-state index contributed by atoms with van der Waals surface area (Å²) in [5.41, 5.74) is 13.8. The number of benzene rings is 9. The summed E-state index contributed by atoms with van der Waals surface area (Å²) in [5.74, 6) is 0. The highest BCUT2D eigenvalue weighted by Gasteiger charge is 2.18. The zero-order valence-corrected chi connectivity index (χ0v) is 29.8. The largest absolute Gasteiger partial charge is 0.456 e. The molecule has 3 heteroatoms. The fraction of sp³-hybridized carbons (Fsp3) is 0. The number of hydrogen-bond donors (Lipinski definition) is 0. The van der Waals surface area contributed by atoms with Crippen LogP contribution in [0.15, 0.2) is 209 Å². The van der Waals surface area contributed by atoms with Gasteiger partial charge in [-0.05, 0) is 99.4 Å². The Morgan fingerprint density at radius 2 is 0.855 bits per heavy atom. The van der Waals surface area contributed by atoms with Crippen molar-refractivity contribution >= 4 is 71.7 Å². The third-order valence-corrected chi connectivity index (χ3v) is 10.9. The molecule has 2 aromatic heterocycles. The Morgan fingerprint density at radius 3 is 1.62 bits per heavy atom. The van der Waals surface area contributed by atoms with Gasteiger partial charge >= 0.3 is 0 Å². The quantitative estimate of drug-likeness (QED) is 0.173. The molecule has 0 radical (unpaired) electrons. The molecule has 0 N–H and O–H groups in total. The topological polar surface area (TPSA) is 29.5 Å². The molecule has 2 heterocycles. The van der Waals surface area contributed by atoms with Crippen LogP contribution in [0.4, 0.5) is 17.1 Å². The summed E-state index contributed by atoms with van der Waals surface area (Å²) >= 11 is 0. The molecule has 3 nitrogen and oxygen atoms in total. The van der Waals surface area contributed by atoms with Gasteiger partial charge in [0, 0.05) is 44.0 Å². The molecule has 0 unspecified atom stereocenters. The lowest BCUT2D eigenvalue weighted by molar-refractivity contribution is 0.669. The third-order valence-electron chi connectivity index (χ3n) is 10.9. The highest BCUT2D eigenvalue weighted by atomic mass is 16.3. The van der Waals surface area contributed by atoms with E-state index in [2.05, 4.69) is 181 Å². The first-order valence-corrected chi connectivity index (χ1v) is 18.7. The van der Waals surface area contributed by atoms with E-state index < -0.39 is 0 Å². The maximum Gasteiger partial charge on any atom is 0.143 e. The number of fused-ring (bicyclic) bond motifs is 8. The number of furan rings is 2. The van der Waals surface area contributed by atoms with Crippen molar-refractivity contribution in [1.82, 2.24) is 0 Å². The molecule has 0 saturated carbocycles. The van der Waals surface area contributed by atoms with Gasteiger partial charge in [0.1, 0.15) is 22.3 Å². The van der Waals surface area contributed by atoms with E-state index in [1.165, 1.54) is 22.1 Å². The summed E-state index contributed by atoms with van der Waals surface area (Å²) in [6, 6.07) is 71.0. The van der Waals surface area contributed by atoms with Crippen LogP contribution in [0, 0.1) is 0 Å². The lowest BCUT2D eigenvalue weighted by atomic mass is 9.95. The molecule has 11 aromatic rings. The third kappa shape index (κ3) is 5.20. The first kappa shape index (κ1) is 31.2. The Kier molecular flexibility index (Phi) is 7.17. The molecule has 0 bridgehead atoms. The Hall–Kier alpha value is -7.36. The number of para-hydroxylation sites is 2. The smallest absolute Gasteiger partial charge is 0.143 e. The van der Waals surface area contributed by atoms with Gasteiger partial charge in [0.15, 0.2) is 0 Å². The Morgan fingerprint density at radius 1 is 0.291 bits per heavy atom. The summed E-state index contributed by atoms with van der Waals surface area (Å²) < 4.78 is 12.7. The van der Waals surface area contributed by atoms with Crippen molar-refractivity contribution < 1.29 is 8.83 Å². The summed E-state index contributed by atoms with van der Waals surface area (Å²) in [4.78, 5) is 2.35. The molecule has 0 atom stereocenters. The van der Waals surface area contributed by atoms with Crippen LogP contribution in [0.25, 0.3) is 88.0 Å². The van der Waals surface area contributed by atoms with Crippen LogP contribution < -0.4 is 4.90 Å². The minimum atomic E-state index is 0.891. The number of hydrogen-bond acceptors (Lipinski definition) is 3. The molecule has 0 spiro atoms. The zero-order valence-electron chi connectivity index (χ0n) is 29.8. The molecule has 0 fully saturated rings. The molecular weight excluding hydrogens is 671 g/mol. The Balaban J connectivity index is 1.06. The van der Waals surface area contributed by atoms with Crippen LogP contribution in [-0.4, -0.2) is 0 Å². The van der Waals surface area contributed by atoms with E-state index in [1.807, 2.05) is 24.3 Å². The van der Waals surface area contributed by atoms with E-state index in [0.29, 0.717) is 0 Å². The maximum absolute atomic E-state index is 6.41. The van der Waals surface area contributed by atoms with Crippen LogP contribution in [0.5, 0.6) is 0 Å². The van der Waals surface area contributed by atoms with Crippen molar-refractivity contribution in [2.45, 2.75) is 0 Å². The van der Waals surface area contributed by atoms with Crippen molar-refractivity contribution in [2.24, 2.45) is 0 Å². The zero-order chi connectivity index (χ0) is 36.3. The molecule has 0 aliphatic rings. The molecule has 258 valence electrons. The van der Waals surface area contributed by atoms with Crippen molar-refractivity contribution in [2.75, 3.05) is 4.90 Å². The summed E-state index contributed by atoms with van der Waals surface area (Å²) in [6.45, 7) is 0. The van der Waals surface area contributed by atoms with Gasteiger partial charge in [0.05, 0.1) is 0 Å². The van der Waals surface area contributed by atoms with Crippen LogP contribution in [0.3, 0.4) is 0 Å². The standard InChI is InChI=1S/C52H33NO2/c1-2-12-34(13-3-1)35-24-28-38(29-25-35)53(40-15-10-14-37(32-40)41-20-11-23-50-51(41)45-19-7-9-22-49(45)54-50)39-30-26-36(27-31-39)46-33-47-43-17-6-8-21-48(43)55-52(47)44-18-5-4-16-42(44)46/h1-33H. The van der Waals surface area contributed by atoms with Crippen LogP contribution >= 0.6 is 0 Å². The minimum Gasteiger partial charge on any atom is -0.456 e. The maximum atomic E-state index is 6.41. The van der Waals surface area contributed by atoms with Gasteiger partial charge in [-0.3, -0.25) is 0 Å². The number of anilines is 3. The van der Waals surface area contributed by atoms with E-state index in [4.69, 9.17) is 8.83 Å². The molecule has 0 saturated heterocycles. The normalized spacial score (nSPS) is 11.6. The van der Waals surface area contributed by atoms with Gasteiger partial charge in [-0.1, -0.05) is 140 Å². The van der Waals surface area contributed by atoms with Crippen molar-refractivity contribution in [3.05, 3.63) is 200 Å². The highest BCUT2D eigenvalue weighted by molar-refractivity contribution is 6.19. The molecule has 9 aromatic carbocycles. The summed E-state index contributed by atoms with van der Waals surface area (Å²) in [5, 5.41) is 6.80.